The summed E-state index contributed by atoms with van der Waals surface area (Å²) < 4.78 is 0. The smallest absolute Gasteiger partial charge is 0.267 e. The quantitative estimate of drug-likeness (QED) is 0.275. The molecule has 0 aliphatic carbocycles. The van der Waals surface area contributed by atoms with Gasteiger partial charge in [-0.25, -0.2) is 0 Å². The van der Waals surface area contributed by atoms with Gasteiger partial charge in [0.15, 0.2) is 6.07 Å². The van der Waals surface area contributed by atoms with Crippen LogP contribution < -0.4 is 0 Å². The summed E-state index contributed by atoms with van der Waals surface area (Å²) in [5.41, 5.74) is 0. The molecule has 0 saturated heterocycles. The molecule has 0 radical (unpaired) electrons. The minimum atomic E-state index is -0.678. The Kier molecular flexibility index (Phi) is 11.7. The van der Waals surface area contributed by atoms with Crippen molar-refractivity contribution in [3.63, 3.8) is 0 Å². The third-order valence-electron chi connectivity index (χ3n) is 0.340. The topological polar surface area (TPSA) is 40.9 Å². The van der Waals surface area contributed by atoms with Gasteiger partial charge in [0.05, 0.1) is 0 Å². The van der Waals surface area contributed by atoms with Gasteiger partial charge in [0.25, 0.3) is 0 Å². The van der Waals surface area contributed by atoms with Crippen molar-refractivity contribution in [1.82, 2.24) is 0 Å². The number of ketones is 1. The summed E-state index contributed by atoms with van der Waals surface area (Å²) in [5, 5.41) is 7.76. The Morgan fingerprint density at radius 1 is 1.44 bits per heavy atom. The lowest BCUT2D eigenvalue weighted by atomic mass is 10.4. The zero-order valence-corrected chi connectivity index (χ0v) is 5.86. The molecule has 0 atom stereocenters. The van der Waals surface area contributed by atoms with Gasteiger partial charge in [-0.05, 0) is 12.8 Å². The summed E-state index contributed by atoms with van der Waals surface area (Å²) in [7, 11) is 0. The Bertz CT molecular complexity index is 166. The molecule has 0 N–H and O–H groups in total. The fraction of sp³-hybridized carbons (Fsp3) is 0.429. The molecule has 48 valence electrons. The number of carbonyl (C=O) groups is 1. The Morgan fingerprint density at radius 3 is 2.00 bits per heavy atom. The second-order valence-electron chi connectivity index (χ2n) is 0.816. The van der Waals surface area contributed by atoms with Crippen LogP contribution in [0.2, 0.25) is 0 Å². The molecular formula is C7H9NO. The molecule has 0 aromatic rings. The maximum atomic E-state index is 9.88. The van der Waals surface area contributed by atoms with Crippen molar-refractivity contribution >= 4 is 5.78 Å². The maximum Gasteiger partial charge on any atom is 0.305 e. The normalized spacial score (nSPS) is 4.67. The highest BCUT2D eigenvalue weighted by Crippen LogP contribution is 1.58. The van der Waals surface area contributed by atoms with E-state index in [-0.39, 0.29) is 0 Å². The van der Waals surface area contributed by atoms with Crippen LogP contribution in [0.5, 0.6) is 0 Å². The van der Waals surface area contributed by atoms with E-state index in [1.807, 2.05) is 19.8 Å². The number of hydrogen-bond acceptors (Lipinski definition) is 2. The average Bonchev–Trinajstić information content (AvgIpc) is 1.93. The summed E-state index contributed by atoms with van der Waals surface area (Å²) in [6, 6.07) is 1.35. The lowest BCUT2D eigenvalue weighted by Gasteiger charge is -1.58. The van der Waals surface area contributed by atoms with Crippen LogP contribution in [0.1, 0.15) is 20.8 Å². The van der Waals surface area contributed by atoms with Crippen LogP contribution in [0.4, 0.5) is 0 Å². The molecule has 9 heavy (non-hydrogen) atoms. The molecular weight excluding hydrogens is 114 g/mol. The van der Waals surface area contributed by atoms with E-state index in [2.05, 4.69) is 5.92 Å². The zero-order chi connectivity index (χ0) is 7.70. The Hall–Kier alpha value is -1.28. The van der Waals surface area contributed by atoms with Gasteiger partial charge in [-0.2, -0.15) is 5.26 Å². The predicted molar refractivity (Wildman–Crippen MR) is 35.4 cm³/mol. The highest BCUT2D eigenvalue weighted by Gasteiger charge is 1.83. The predicted octanol–water partition coefficient (Wildman–Crippen LogP) is 1.13. The number of rotatable bonds is 0. The van der Waals surface area contributed by atoms with Crippen molar-refractivity contribution in [2.45, 2.75) is 20.8 Å². The molecule has 0 bridgehead atoms. The van der Waals surface area contributed by atoms with E-state index in [1.54, 1.807) is 0 Å². The van der Waals surface area contributed by atoms with E-state index in [4.69, 9.17) is 5.26 Å². The highest BCUT2D eigenvalue weighted by atomic mass is 16.1. The first kappa shape index (κ1) is 10.7. The van der Waals surface area contributed by atoms with E-state index in [1.165, 1.54) is 13.0 Å². The van der Waals surface area contributed by atoms with Crippen molar-refractivity contribution in [2.24, 2.45) is 0 Å². The average molecular weight is 123 g/mol. The summed E-state index contributed by atoms with van der Waals surface area (Å²) >= 11 is 0. The number of hydrogen-bond donors (Lipinski definition) is 0. The van der Waals surface area contributed by atoms with Gasteiger partial charge in [-0.3, -0.25) is 4.79 Å². The van der Waals surface area contributed by atoms with Crippen molar-refractivity contribution < 1.29 is 4.79 Å². The van der Waals surface area contributed by atoms with Crippen LogP contribution >= 0.6 is 0 Å². The molecule has 0 rings (SSSR count). The number of Topliss-reactive ketones (excluding diaryl/α,β-unsaturated/α-hetero) is 1. The van der Waals surface area contributed by atoms with Gasteiger partial charge in [0, 0.05) is 0 Å². The van der Waals surface area contributed by atoms with Crippen molar-refractivity contribution in [2.75, 3.05) is 0 Å². The van der Waals surface area contributed by atoms with Gasteiger partial charge in [-0.1, -0.05) is 19.8 Å². The van der Waals surface area contributed by atoms with E-state index < -0.39 is 5.78 Å². The van der Waals surface area contributed by atoms with Gasteiger partial charge < -0.3 is 0 Å². The Morgan fingerprint density at radius 2 is 1.89 bits per heavy atom. The third-order valence-corrected chi connectivity index (χ3v) is 0.340. The van der Waals surface area contributed by atoms with Gasteiger partial charge >= 0.3 is 5.78 Å². The van der Waals surface area contributed by atoms with Crippen molar-refractivity contribution in [1.29, 1.82) is 5.26 Å². The molecule has 2 nitrogen and oxygen atoms in total. The first-order valence-electron chi connectivity index (χ1n) is 2.68. The first-order chi connectivity index (χ1) is 4.31. The van der Waals surface area contributed by atoms with E-state index in [9.17, 15) is 4.79 Å². The summed E-state index contributed by atoms with van der Waals surface area (Å²) in [6.45, 7) is 5.51. The minimum Gasteiger partial charge on any atom is -0.267 e. The molecule has 0 spiro atoms. The fourth-order valence-corrected chi connectivity index (χ4v) is 0.141. The number of carbonyl (C=O) groups excluding carboxylic acids is 1. The maximum absolute atomic E-state index is 9.88. The zero-order valence-electron chi connectivity index (χ0n) is 5.86. The molecule has 0 aliphatic heterocycles. The monoisotopic (exact) mass is 123 g/mol. The summed E-state index contributed by atoms with van der Waals surface area (Å²) in [6.07, 6.45) is 0. The van der Waals surface area contributed by atoms with Crippen LogP contribution in [0.3, 0.4) is 0 Å². The molecule has 0 aromatic heterocycles. The lowest BCUT2D eigenvalue weighted by Crippen LogP contribution is -1.82. The SMILES string of the molecule is CC.CC#CC(=O)C#N. The molecule has 0 heterocycles. The standard InChI is InChI=1S/C5H3NO.C2H6/c1-2-3-5(7)4-6;1-2/h1H3;1-2H3. The molecule has 0 fully saturated rings. The second-order valence-corrected chi connectivity index (χ2v) is 0.816. The van der Waals surface area contributed by atoms with Crippen LogP contribution in [-0.2, 0) is 4.79 Å². The largest absolute Gasteiger partial charge is 0.305 e. The molecule has 0 amide bonds. The van der Waals surface area contributed by atoms with Gasteiger partial charge in [-0.15, -0.1) is 0 Å². The minimum absolute atomic E-state index is 0.678. The van der Waals surface area contributed by atoms with E-state index in [0.29, 0.717) is 0 Å². The Labute approximate surface area is 55.5 Å². The third kappa shape index (κ3) is 10.8. The van der Waals surface area contributed by atoms with Crippen LogP contribution in [0.15, 0.2) is 0 Å². The van der Waals surface area contributed by atoms with Crippen LogP contribution in [-0.4, -0.2) is 5.78 Å². The fourth-order valence-electron chi connectivity index (χ4n) is 0.141. The van der Waals surface area contributed by atoms with Gasteiger partial charge in [0.1, 0.15) is 0 Å². The first-order valence-corrected chi connectivity index (χ1v) is 2.68. The second kappa shape index (κ2) is 9.87. The summed E-state index contributed by atoms with van der Waals surface area (Å²) in [5.74, 6) is 3.66. The van der Waals surface area contributed by atoms with Crippen LogP contribution in [0, 0.1) is 23.2 Å². The van der Waals surface area contributed by atoms with Crippen molar-refractivity contribution in [3.05, 3.63) is 0 Å². The molecule has 0 aromatic carbocycles. The number of nitriles is 1. The molecule has 2 heteroatoms. The van der Waals surface area contributed by atoms with E-state index >= 15 is 0 Å². The lowest BCUT2D eigenvalue weighted by molar-refractivity contribution is -0.109. The molecule has 0 saturated carbocycles. The summed E-state index contributed by atoms with van der Waals surface area (Å²) in [4.78, 5) is 9.88. The van der Waals surface area contributed by atoms with Crippen LogP contribution in [0.25, 0.3) is 0 Å². The van der Waals surface area contributed by atoms with Gasteiger partial charge in [0.2, 0.25) is 0 Å². The molecule has 0 unspecified atom stereocenters. The highest BCUT2D eigenvalue weighted by molar-refractivity contribution is 6.07. The van der Waals surface area contributed by atoms with E-state index in [0.717, 1.165) is 0 Å². The Balaban J connectivity index is 0. The van der Waals surface area contributed by atoms with Crippen molar-refractivity contribution in [3.8, 4) is 17.9 Å². The molecule has 0 aliphatic rings. The number of nitrogens with zero attached hydrogens (tertiary/aromatic N) is 1.